The summed E-state index contributed by atoms with van der Waals surface area (Å²) in [4.78, 5) is -1.16. The normalized spacial score (nSPS) is 13.1. The van der Waals surface area contributed by atoms with E-state index in [9.17, 15) is 25.9 Å². The van der Waals surface area contributed by atoms with Gasteiger partial charge in [0.1, 0.15) is 21.2 Å². The zero-order chi connectivity index (χ0) is 34.4. The van der Waals surface area contributed by atoms with Crippen LogP contribution >= 0.6 is 0 Å². The van der Waals surface area contributed by atoms with Crippen molar-refractivity contribution in [3.63, 3.8) is 0 Å². The van der Waals surface area contributed by atoms with Gasteiger partial charge in [-0.2, -0.15) is 27.1 Å². The molecule has 0 aliphatic carbocycles. The molecule has 6 aromatic rings. The van der Waals surface area contributed by atoms with Gasteiger partial charge in [-0.15, -0.1) is 0 Å². The van der Waals surface area contributed by atoms with E-state index in [0.717, 1.165) is 0 Å². The van der Waals surface area contributed by atoms with Crippen LogP contribution in [0.2, 0.25) is 2.82 Å². The topological polar surface area (TPSA) is 233 Å². The van der Waals surface area contributed by atoms with Gasteiger partial charge in [-0.25, -0.2) is 11.0 Å². The average Bonchev–Trinajstić information content (AvgIpc) is 3.06. The Morgan fingerprint density at radius 2 is 0.826 bits per heavy atom. The van der Waals surface area contributed by atoms with Gasteiger partial charge in [0.15, 0.2) is 0 Å². The number of benzene rings is 6. The van der Waals surface area contributed by atoms with Crippen molar-refractivity contribution < 1.29 is 28.8 Å². The highest BCUT2D eigenvalue weighted by Crippen LogP contribution is 2.47. The molecule has 230 valence electrons. The van der Waals surface area contributed by atoms with Crippen LogP contribution in [-0.4, -0.2) is 25.9 Å². The van der Waals surface area contributed by atoms with Crippen LogP contribution in [0.1, 0.15) is 0 Å². The summed E-state index contributed by atoms with van der Waals surface area (Å²) in [6.07, 6.45) is 0. The molecule has 0 unspecified atom stereocenters. The Kier molecular flexibility index (Phi) is 6.76. The van der Waals surface area contributed by atoms with Crippen LogP contribution in [0.5, 0.6) is 0 Å². The molecule has 0 bridgehead atoms. The molecule has 0 aliphatic rings. The molecule has 0 fully saturated rings. The average molecular weight is 653 g/mol. The lowest BCUT2D eigenvalue weighted by atomic mass is 9.93. The summed E-state index contributed by atoms with van der Waals surface area (Å²) in [5, 5.41) is 8.99. The number of nitrogens with zero attached hydrogens (tertiary/aromatic N) is 2. The van der Waals surface area contributed by atoms with E-state index < -0.39 is 30.0 Å². The third-order valence-corrected chi connectivity index (χ3v) is 9.59. The van der Waals surface area contributed by atoms with E-state index in [1.165, 1.54) is 0 Å². The summed E-state index contributed by atoms with van der Waals surface area (Å²) < 4.78 is 85.5. The fourth-order valence-corrected chi connectivity index (χ4v) is 7.55. The summed E-state index contributed by atoms with van der Waals surface area (Å²) in [6.45, 7) is 0. The van der Waals surface area contributed by atoms with Crippen LogP contribution in [0, 0.1) is 11.0 Å². The minimum absolute atomic E-state index is 0.0596. The molecule has 0 saturated heterocycles. The standard InChI is InChI=1S/C32H24N6O6S2/c33-27-23-7-3-1-5-21(23)25(31(29(27)37-35)45(39,40)41)19-13-9-17(10-14-19)18-11-15-20(16-12-18)26-22-6-2-4-8-24(22)28(34)30(38-36)32(26)46(42,43)44/h1-16,35-36H,33-34H2,(H,39,40,41)(H,42,43,44)/b37-35+,38-36+. The van der Waals surface area contributed by atoms with E-state index in [4.69, 9.17) is 14.3 Å². The largest absolute Gasteiger partial charge is 0.396 e. The first-order chi connectivity index (χ1) is 22.9. The molecule has 0 heterocycles. The second-order valence-corrected chi connectivity index (χ2v) is 13.0. The van der Waals surface area contributed by atoms with Crippen molar-refractivity contribution in [1.82, 2.24) is 0 Å². The first kappa shape index (κ1) is 28.0. The summed E-state index contributed by atoms with van der Waals surface area (Å²) in [5.41, 5.74) is 20.0. The number of nitrogen functional groups attached to an aromatic ring is 2. The quantitative estimate of drug-likeness (QED) is 0.0560. The highest BCUT2D eigenvalue weighted by Gasteiger charge is 2.29. The van der Waals surface area contributed by atoms with Crippen molar-refractivity contribution in [3.05, 3.63) is 97.1 Å². The Hall–Kier alpha value is -5.54. The van der Waals surface area contributed by atoms with Crippen LogP contribution in [0.4, 0.5) is 22.7 Å². The van der Waals surface area contributed by atoms with Crippen molar-refractivity contribution in [2.75, 3.05) is 11.5 Å². The third-order valence-electron chi connectivity index (χ3n) is 7.76. The maximum atomic E-state index is 12.7. The highest BCUT2D eigenvalue weighted by atomic mass is 32.2. The fourth-order valence-electron chi connectivity index (χ4n) is 5.79. The Balaban J connectivity index is 1.50. The smallest absolute Gasteiger partial charge is 0.297 e. The summed E-state index contributed by atoms with van der Waals surface area (Å²) >= 11 is 0. The van der Waals surface area contributed by atoms with Crippen molar-refractivity contribution in [1.29, 1.82) is 11.0 Å². The zero-order valence-corrected chi connectivity index (χ0v) is 25.2. The molecule has 14 heteroatoms. The van der Waals surface area contributed by atoms with Gasteiger partial charge >= 0.3 is 0 Å². The number of hydrogen-bond acceptors (Lipinski definition) is 10. The van der Waals surface area contributed by atoms with Gasteiger partial charge in [0.2, 0.25) is 2.82 Å². The number of nitrogens with one attached hydrogen (secondary N) is 2. The predicted molar refractivity (Wildman–Crippen MR) is 176 cm³/mol. The number of hydrogen-bond donors (Lipinski definition) is 6. The molecule has 0 amide bonds. The number of rotatable bonds is 7. The lowest BCUT2D eigenvalue weighted by Crippen LogP contribution is -2.05. The first-order valence-corrected chi connectivity index (χ1v) is 16.3. The van der Waals surface area contributed by atoms with E-state index in [-0.39, 0.29) is 33.9 Å². The van der Waals surface area contributed by atoms with Crippen molar-refractivity contribution in [3.8, 4) is 33.4 Å². The number of fused-ring (bicyclic) bond motifs is 2. The number of anilines is 2. The van der Waals surface area contributed by atoms with Crippen LogP contribution in [0.3, 0.4) is 0 Å². The maximum Gasteiger partial charge on any atom is 0.297 e. The molecule has 0 radical (unpaired) electrons. The molecule has 6 rings (SSSR count). The van der Waals surface area contributed by atoms with Crippen molar-refractivity contribution in [2.24, 2.45) is 10.2 Å². The molecule has 8 N–H and O–H groups in total. The van der Waals surface area contributed by atoms with Gasteiger partial charge < -0.3 is 11.5 Å². The van der Waals surface area contributed by atoms with Crippen LogP contribution in [0.15, 0.2) is 117 Å². The molecule has 12 nitrogen and oxygen atoms in total. The van der Waals surface area contributed by atoms with Crippen LogP contribution in [0.25, 0.3) is 54.9 Å². The predicted octanol–water partition coefficient (Wildman–Crippen LogP) is 7.98. The first-order valence-electron chi connectivity index (χ1n) is 14.3. The second kappa shape index (κ2) is 11.1. The van der Waals surface area contributed by atoms with Gasteiger partial charge in [-0.3, -0.25) is 9.11 Å². The molecule has 0 atom stereocenters. The van der Waals surface area contributed by atoms with Crippen molar-refractivity contribution in [2.45, 2.75) is 9.79 Å². The zero-order valence-electron chi connectivity index (χ0n) is 25.5. The molecule has 0 aliphatic heterocycles. The highest BCUT2D eigenvalue weighted by molar-refractivity contribution is 7.86. The monoisotopic (exact) mass is 652 g/mol. The Labute approximate surface area is 265 Å². The summed E-state index contributed by atoms with van der Waals surface area (Å²) in [5.74, 6) is 0. The van der Waals surface area contributed by atoms with Gasteiger partial charge in [0, 0.05) is 21.9 Å². The molecular weight excluding hydrogens is 629 g/mol. The number of nitrogens with two attached hydrogens (primary N) is 2. The van der Waals surface area contributed by atoms with Crippen LogP contribution in [-0.2, 0) is 20.2 Å². The van der Waals surface area contributed by atoms with Crippen LogP contribution < -0.4 is 11.5 Å². The SMILES string of the molecule is [H]/N=N/c1c(S(=O)(=O)O)c(-c2ccc(-c3ccc(-c4c(S(=O)(=O)O)c(/N=N/[H])c(N)c5ccccc45)cc3)cc2)c2ccccc2c1N. The third kappa shape index (κ3) is 4.95. The van der Waals surface area contributed by atoms with E-state index in [1.54, 1.807) is 97.1 Å². The molecule has 0 saturated carbocycles. The lowest BCUT2D eigenvalue weighted by Gasteiger charge is -2.17. The van der Waals surface area contributed by atoms with E-state index in [1.807, 2.05) is 0 Å². The van der Waals surface area contributed by atoms with Gasteiger partial charge in [0.25, 0.3) is 20.2 Å². The van der Waals surface area contributed by atoms with Crippen molar-refractivity contribution >= 4 is 64.5 Å². The Morgan fingerprint density at radius 3 is 1.13 bits per heavy atom. The molecular formula is C32H24N6O6S2. The second-order valence-electron chi connectivity index (χ2n) is 10.3. The summed E-state index contributed by atoms with van der Waals surface area (Å²) in [7, 11) is -9.78. The molecule has 46 heavy (non-hydrogen) atoms. The summed E-state index contributed by atoms with van der Waals surface area (Å²) in [6, 6.07) is 26.9. The van der Waals surface area contributed by atoms with Gasteiger partial charge in [-0.1, -0.05) is 97.1 Å². The minimum atomic E-state index is -4.89. The lowest BCUT2D eigenvalue weighted by molar-refractivity contribution is 0.481. The minimum Gasteiger partial charge on any atom is -0.396 e. The molecule has 0 aromatic heterocycles. The van der Waals surface area contributed by atoms with Gasteiger partial charge in [0.05, 0.1) is 11.4 Å². The maximum absolute atomic E-state index is 12.7. The van der Waals surface area contributed by atoms with E-state index in [2.05, 4.69) is 21.3 Å². The molecule has 0 spiro atoms. The fraction of sp³-hybridized carbons (Fsp3) is 0. The van der Waals surface area contributed by atoms with Gasteiger partial charge in [-0.05, 0) is 33.0 Å². The van der Waals surface area contributed by atoms with E-state index >= 15 is 0 Å². The Morgan fingerprint density at radius 1 is 0.522 bits per heavy atom. The Bertz CT molecular complexity index is 2370. The molecule has 6 aromatic carbocycles. The van der Waals surface area contributed by atoms with E-state index in [0.29, 0.717) is 43.8 Å².